The lowest BCUT2D eigenvalue weighted by atomic mass is 10.1. The number of nitrogens with zero attached hydrogens (tertiary/aromatic N) is 4. The van der Waals surface area contributed by atoms with Crippen molar-refractivity contribution in [3.8, 4) is 0 Å². The van der Waals surface area contributed by atoms with Gasteiger partial charge in [-0.05, 0) is 37.0 Å². The molecule has 0 atom stereocenters. The van der Waals surface area contributed by atoms with Crippen molar-refractivity contribution in [2.24, 2.45) is 10.9 Å². The predicted molar refractivity (Wildman–Crippen MR) is 108 cm³/mol. The van der Waals surface area contributed by atoms with Gasteiger partial charge in [-0.15, -0.1) is 0 Å². The maximum Gasteiger partial charge on any atom is 0.302 e. The lowest BCUT2D eigenvalue weighted by molar-refractivity contribution is 0.668. The van der Waals surface area contributed by atoms with Crippen LogP contribution < -0.4 is 16.2 Å². The minimum Gasteiger partial charge on any atom is -0.351 e. The Labute approximate surface area is 163 Å². The van der Waals surface area contributed by atoms with Crippen molar-refractivity contribution in [3.05, 3.63) is 45.2 Å². The van der Waals surface area contributed by atoms with Gasteiger partial charge in [0, 0.05) is 24.0 Å². The van der Waals surface area contributed by atoms with E-state index in [0.717, 1.165) is 37.2 Å². The molecule has 1 aliphatic heterocycles. The second-order valence-electron chi connectivity index (χ2n) is 7.11. The molecule has 141 valence electrons. The molecule has 1 aliphatic carbocycles. The van der Waals surface area contributed by atoms with Crippen molar-refractivity contribution in [1.29, 1.82) is 0 Å². The zero-order chi connectivity index (χ0) is 18.8. The largest absolute Gasteiger partial charge is 0.351 e. The number of fused-ring (bicyclic) bond motifs is 1. The molecule has 0 saturated heterocycles. The van der Waals surface area contributed by atoms with Crippen LogP contribution in [0, 0.1) is 5.92 Å². The summed E-state index contributed by atoms with van der Waals surface area (Å²) >= 11 is 6.06. The van der Waals surface area contributed by atoms with Gasteiger partial charge in [0.25, 0.3) is 0 Å². The number of aromatic nitrogens is 2. The van der Waals surface area contributed by atoms with Crippen LogP contribution in [-0.2, 0) is 13.1 Å². The van der Waals surface area contributed by atoms with Crippen LogP contribution >= 0.6 is 11.6 Å². The third-order valence-corrected chi connectivity index (χ3v) is 5.32. The van der Waals surface area contributed by atoms with Gasteiger partial charge in [0.2, 0.25) is 5.95 Å². The van der Waals surface area contributed by atoms with Gasteiger partial charge in [0.15, 0.2) is 11.5 Å². The van der Waals surface area contributed by atoms with E-state index in [4.69, 9.17) is 16.6 Å². The lowest BCUT2D eigenvalue weighted by Gasteiger charge is -2.15. The van der Waals surface area contributed by atoms with Crippen LogP contribution in [-0.4, -0.2) is 15.4 Å². The fourth-order valence-electron chi connectivity index (χ4n) is 3.76. The molecule has 0 amide bonds. The highest BCUT2D eigenvalue weighted by Gasteiger charge is 2.31. The van der Waals surface area contributed by atoms with Gasteiger partial charge in [0.05, 0.1) is 0 Å². The van der Waals surface area contributed by atoms with E-state index in [0.29, 0.717) is 34.9 Å². The summed E-state index contributed by atoms with van der Waals surface area (Å²) in [5.74, 6) is 2.35. The fraction of sp³-hybridized carbons (Fsp3) is 0.450. The Morgan fingerprint density at radius 1 is 1.30 bits per heavy atom. The van der Waals surface area contributed by atoms with Gasteiger partial charge >= 0.3 is 5.56 Å². The zero-order valence-electron chi connectivity index (χ0n) is 15.4. The summed E-state index contributed by atoms with van der Waals surface area (Å²) < 4.78 is 1.98. The summed E-state index contributed by atoms with van der Waals surface area (Å²) in [5, 5.41) is 8.52. The summed E-state index contributed by atoms with van der Waals surface area (Å²) in [7, 11) is 0. The molecule has 1 N–H and O–H groups in total. The summed E-state index contributed by atoms with van der Waals surface area (Å²) in [4.78, 5) is 21.6. The maximum absolute atomic E-state index is 12.6. The minimum atomic E-state index is -0.317. The number of halogens is 1. The van der Waals surface area contributed by atoms with E-state index in [1.54, 1.807) is 0 Å². The highest BCUT2D eigenvalue weighted by atomic mass is 35.5. The SMILES string of the molecule is CCCn1c(NCc2cccc(Cl)c2)nc(=O)c2c1N=C(C1CCCC1)[N]2. The third-order valence-electron chi connectivity index (χ3n) is 5.09. The predicted octanol–water partition coefficient (Wildman–Crippen LogP) is 4.39. The Bertz CT molecular complexity index is 930. The van der Waals surface area contributed by atoms with Crippen molar-refractivity contribution >= 4 is 34.9 Å². The molecule has 7 heteroatoms. The van der Waals surface area contributed by atoms with E-state index in [1.807, 2.05) is 28.8 Å². The Morgan fingerprint density at radius 3 is 2.85 bits per heavy atom. The highest BCUT2D eigenvalue weighted by molar-refractivity contribution is 6.30. The van der Waals surface area contributed by atoms with Crippen molar-refractivity contribution < 1.29 is 0 Å². The fourth-order valence-corrected chi connectivity index (χ4v) is 3.97. The molecule has 2 aromatic rings. The molecule has 0 bridgehead atoms. The van der Waals surface area contributed by atoms with E-state index in [2.05, 4.69) is 22.5 Å². The summed E-state index contributed by atoms with van der Waals surface area (Å²) in [6.45, 7) is 3.36. The molecule has 27 heavy (non-hydrogen) atoms. The molecule has 1 radical (unpaired) electrons. The second-order valence-corrected chi connectivity index (χ2v) is 7.55. The van der Waals surface area contributed by atoms with Crippen LogP contribution in [0.3, 0.4) is 0 Å². The van der Waals surface area contributed by atoms with Gasteiger partial charge in [-0.3, -0.25) is 9.36 Å². The van der Waals surface area contributed by atoms with Gasteiger partial charge in [-0.2, -0.15) is 4.98 Å². The van der Waals surface area contributed by atoms with E-state index in [9.17, 15) is 4.79 Å². The lowest BCUT2D eigenvalue weighted by Crippen LogP contribution is -2.22. The van der Waals surface area contributed by atoms with Gasteiger partial charge in [-0.1, -0.05) is 43.5 Å². The van der Waals surface area contributed by atoms with Crippen molar-refractivity contribution in [1.82, 2.24) is 14.9 Å². The van der Waals surface area contributed by atoms with Crippen molar-refractivity contribution in [2.75, 3.05) is 5.32 Å². The summed E-state index contributed by atoms with van der Waals surface area (Å²) in [6.07, 6.45) is 5.53. The first-order chi connectivity index (χ1) is 13.2. The second kappa shape index (κ2) is 7.72. The van der Waals surface area contributed by atoms with Crippen LogP contribution in [0.5, 0.6) is 0 Å². The van der Waals surface area contributed by atoms with Crippen molar-refractivity contribution in [2.45, 2.75) is 52.1 Å². The van der Waals surface area contributed by atoms with Crippen LogP contribution in [0.1, 0.15) is 44.6 Å². The molecule has 4 rings (SSSR count). The van der Waals surface area contributed by atoms with E-state index < -0.39 is 0 Å². The molecule has 1 aromatic carbocycles. The number of aliphatic imine (C=N–C) groups is 1. The number of anilines is 1. The number of benzene rings is 1. The maximum atomic E-state index is 12.6. The van der Waals surface area contributed by atoms with E-state index in [1.165, 1.54) is 12.8 Å². The molecule has 6 nitrogen and oxygen atoms in total. The molecular weight excluding hydrogens is 362 g/mol. The molecule has 1 fully saturated rings. The van der Waals surface area contributed by atoms with Crippen molar-refractivity contribution in [3.63, 3.8) is 0 Å². The summed E-state index contributed by atoms with van der Waals surface area (Å²) in [6, 6.07) is 7.63. The standard InChI is InChI=1S/C20H23ClN5O/c1-2-10-26-18-16(23-17(24-18)14-7-3-4-8-14)19(27)25-20(26)22-12-13-6-5-9-15(21)11-13/h5-6,9,11,14H,2-4,7-8,10,12H2,1H3,(H,22,25,27). The van der Waals surface area contributed by atoms with E-state index >= 15 is 0 Å². The van der Waals surface area contributed by atoms with Gasteiger partial charge in [-0.25, -0.2) is 10.3 Å². The average Bonchev–Trinajstić information content (AvgIpc) is 3.32. The van der Waals surface area contributed by atoms with E-state index in [-0.39, 0.29) is 5.56 Å². The first-order valence-electron chi connectivity index (χ1n) is 9.59. The Kier molecular flexibility index (Phi) is 5.16. The Hall–Kier alpha value is -2.34. The number of hydrogen-bond donors (Lipinski definition) is 1. The Morgan fingerprint density at radius 2 is 2.11 bits per heavy atom. The topological polar surface area (TPSA) is 73.4 Å². The quantitative estimate of drug-likeness (QED) is 0.802. The van der Waals surface area contributed by atoms with Crippen LogP contribution in [0.4, 0.5) is 17.5 Å². The highest BCUT2D eigenvalue weighted by Crippen LogP contribution is 2.35. The molecule has 2 aliphatic rings. The number of amidine groups is 1. The van der Waals surface area contributed by atoms with Gasteiger partial charge < -0.3 is 5.32 Å². The number of nitrogens with one attached hydrogen (secondary N) is 1. The molecule has 1 saturated carbocycles. The smallest absolute Gasteiger partial charge is 0.302 e. The molecule has 0 unspecified atom stereocenters. The molecule has 0 spiro atoms. The first kappa shape index (κ1) is 18.0. The number of hydrogen-bond acceptors (Lipinski definition) is 4. The molecule has 1 aromatic heterocycles. The number of rotatable bonds is 6. The normalized spacial score (nSPS) is 16.1. The third kappa shape index (κ3) is 3.72. The first-order valence-corrected chi connectivity index (χ1v) is 9.97. The van der Waals surface area contributed by atoms with Crippen LogP contribution in [0.15, 0.2) is 34.1 Å². The summed E-state index contributed by atoms with van der Waals surface area (Å²) in [5.41, 5.74) is 1.10. The average molecular weight is 385 g/mol. The van der Waals surface area contributed by atoms with Crippen LogP contribution in [0.25, 0.3) is 0 Å². The monoisotopic (exact) mass is 384 g/mol. The molecular formula is C20H23ClN5O. The van der Waals surface area contributed by atoms with Crippen LogP contribution in [0.2, 0.25) is 5.02 Å². The molecule has 2 heterocycles. The zero-order valence-corrected chi connectivity index (χ0v) is 16.2. The Balaban J connectivity index is 1.65. The minimum absolute atomic E-state index is 0.317. The van der Waals surface area contributed by atoms with Gasteiger partial charge in [0.1, 0.15) is 5.84 Å².